The number of carbonyl (C=O) groups excluding carboxylic acids is 1. The van der Waals surface area contributed by atoms with Gasteiger partial charge in [-0.05, 0) is 5.56 Å². The summed E-state index contributed by atoms with van der Waals surface area (Å²) in [6.45, 7) is 0.445. The van der Waals surface area contributed by atoms with E-state index < -0.39 is 24.2 Å². The standard InChI is InChI=1S/C12H13NO5/c14-11(15)10(9-7-17-9)13-12(16)18-6-8-4-2-1-3-5-8/h1-5,9-10H,6-7H2,(H,13,16)(H,14,15)/t9-,10?/m1/s1. The Bertz CT molecular complexity index is 429. The lowest BCUT2D eigenvalue weighted by Gasteiger charge is -2.12. The quantitative estimate of drug-likeness (QED) is 0.754. The first-order valence-electron chi connectivity index (χ1n) is 5.48. The molecule has 0 saturated carbocycles. The first kappa shape index (κ1) is 12.4. The van der Waals surface area contributed by atoms with Crippen molar-refractivity contribution in [1.82, 2.24) is 5.32 Å². The van der Waals surface area contributed by atoms with E-state index in [1.165, 1.54) is 0 Å². The Morgan fingerprint density at radius 3 is 2.67 bits per heavy atom. The molecule has 0 bridgehead atoms. The highest BCUT2D eigenvalue weighted by atomic mass is 16.6. The van der Waals surface area contributed by atoms with E-state index in [1.807, 2.05) is 30.3 Å². The molecule has 1 heterocycles. The van der Waals surface area contributed by atoms with Crippen molar-refractivity contribution < 1.29 is 24.2 Å². The molecule has 1 aliphatic heterocycles. The van der Waals surface area contributed by atoms with Crippen LogP contribution >= 0.6 is 0 Å². The van der Waals surface area contributed by atoms with Gasteiger partial charge in [0.15, 0.2) is 6.04 Å². The Labute approximate surface area is 104 Å². The summed E-state index contributed by atoms with van der Waals surface area (Å²) >= 11 is 0. The maximum absolute atomic E-state index is 11.4. The lowest BCUT2D eigenvalue weighted by molar-refractivity contribution is -0.139. The van der Waals surface area contributed by atoms with Crippen LogP contribution < -0.4 is 5.32 Å². The highest BCUT2D eigenvalue weighted by Crippen LogP contribution is 2.14. The van der Waals surface area contributed by atoms with Crippen molar-refractivity contribution in [3.63, 3.8) is 0 Å². The first-order chi connectivity index (χ1) is 8.66. The molecule has 1 saturated heterocycles. The van der Waals surface area contributed by atoms with Crippen molar-refractivity contribution in [2.45, 2.75) is 18.8 Å². The number of rotatable bonds is 5. The molecule has 0 radical (unpaired) electrons. The Balaban J connectivity index is 1.79. The van der Waals surface area contributed by atoms with Gasteiger partial charge in [-0.25, -0.2) is 9.59 Å². The maximum Gasteiger partial charge on any atom is 0.408 e. The summed E-state index contributed by atoms with van der Waals surface area (Å²) in [5.41, 5.74) is 0.835. The van der Waals surface area contributed by atoms with E-state index in [9.17, 15) is 9.59 Å². The normalized spacial score (nSPS) is 18.8. The summed E-state index contributed by atoms with van der Waals surface area (Å²) in [6.07, 6.45) is -1.21. The zero-order valence-electron chi connectivity index (χ0n) is 9.54. The smallest absolute Gasteiger partial charge is 0.408 e. The van der Waals surface area contributed by atoms with E-state index in [4.69, 9.17) is 14.6 Å². The molecule has 1 unspecified atom stereocenters. The van der Waals surface area contributed by atoms with Gasteiger partial charge >= 0.3 is 12.1 Å². The molecule has 1 aromatic carbocycles. The Kier molecular flexibility index (Phi) is 3.78. The molecule has 0 aliphatic carbocycles. The third kappa shape index (κ3) is 3.46. The fraction of sp³-hybridized carbons (Fsp3) is 0.333. The van der Waals surface area contributed by atoms with Gasteiger partial charge in [0.05, 0.1) is 6.61 Å². The molecule has 1 aromatic rings. The lowest BCUT2D eigenvalue weighted by atomic mass is 10.2. The molecule has 1 fully saturated rings. The van der Waals surface area contributed by atoms with Crippen LogP contribution in [0.3, 0.4) is 0 Å². The summed E-state index contributed by atoms with van der Waals surface area (Å²) in [5, 5.41) is 11.1. The van der Waals surface area contributed by atoms with Gasteiger partial charge in [0.1, 0.15) is 12.7 Å². The summed E-state index contributed by atoms with van der Waals surface area (Å²) in [6, 6.07) is 8.09. The van der Waals surface area contributed by atoms with Gasteiger partial charge in [0, 0.05) is 0 Å². The van der Waals surface area contributed by atoms with Crippen LogP contribution in [0.1, 0.15) is 5.56 Å². The molecular formula is C12H13NO5. The number of alkyl carbamates (subject to hydrolysis) is 1. The number of hydrogen-bond donors (Lipinski definition) is 2. The average molecular weight is 251 g/mol. The third-order valence-corrected chi connectivity index (χ3v) is 2.48. The van der Waals surface area contributed by atoms with Gasteiger partial charge in [-0.1, -0.05) is 30.3 Å². The molecular weight excluding hydrogens is 238 g/mol. The molecule has 96 valence electrons. The molecule has 6 heteroatoms. The number of ether oxygens (including phenoxy) is 2. The monoisotopic (exact) mass is 251 g/mol. The Morgan fingerprint density at radius 2 is 2.11 bits per heavy atom. The minimum absolute atomic E-state index is 0.102. The van der Waals surface area contributed by atoms with E-state index in [-0.39, 0.29) is 6.61 Å². The molecule has 0 aromatic heterocycles. The largest absolute Gasteiger partial charge is 0.480 e. The van der Waals surface area contributed by atoms with Crippen LogP contribution in [-0.4, -0.2) is 35.9 Å². The first-order valence-corrected chi connectivity index (χ1v) is 5.48. The predicted molar refractivity (Wildman–Crippen MR) is 60.9 cm³/mol. The second-order valence-corrected chi connectivity index (χ2v) is 3.89. The van der Waals surface area contributed by atoms with Crippen molar-refractivity contribution in [3.05, 3.63) is 35.9 Å². The topological polar surface area (TPSA) is 88.2 Å². The molecule has 2 rings (SSSR count). The van der Waals surface area contributed by atoms with Gasteiger partial charge in [-0.3, -0.25) is 0 Å². The summed E-state index contributed by atoms with van der Waals surface area (Å²) in [7, 11) is 0. The van der Waals surface area contributed by atoms with E-state index in [0.29, 0.717) is 6.61 Å². The van der Waals surface area contributed by atoms with Crippen molar-refractivity contribution in [2.75, 3.05) is 6.61 Å². The number of carbonyl (C=O) groups is 2. The highest BCUT2D eigenvalue weighted by Gasteiger charge is 2.39. The van der Waals surface area contributed by atoms with E-state index >= 15 is 0 Å². The van der Waals surface area contributed by atoms with Gasteiger partial charge in [0.25, 0.3) is 0 Å². The SMILES string of the molecule is O=C(NC(C(=O)O)[C@H]1CO1)OCc1ccccc1. The van der Waals surface area contributed by atoms with E-state index in [0.717, 1.165) is 5.56 Å². The maximum atomic E-state index is 11.4. The zero-order chi connectivity index (χ0) is 13.0. The van der Waals surface area contributed by atoms with Gasteiger partial charge in [-0.15, -0.1) is 0 Å². The highest BCUT2D eigenvalue weighted by molar-refractivity contribution is 5.80. The number of amides is 1. The van der Waals surface area contributed by atoms with Crippen LogP contribution in [0, 0.1) is 0 Å². The summed E-state index contributed by atoms with van der Waals surface area (Å²) in [4.78, 5) is 22.3. The van der Waals surface area contributed by atoms with Crippen LogP contribution in [0.4, 0.5) is 4.79 Å². The van der Waals surface area contributed by atoms with Gasteiger partial charge < -0.3 is 19.9 Å². The van der Waals surface area contributed by atoms with Crippen molar-refractivity contribution in [1.29, 1.82) is 0 Å². The van der Waals surface area contributed by atoms with Crippen LogP contribution in [0.5, 0.6) is 0 Å². The third-order valence-electron chi connectivity index (χ3n) is 2.48. The number of aliphatic carboxylic acids is 1. The Hall–Kier alpha value is -2.08. The van der Waals surface area contributed by atoms with Crippen molar-refractivity contribution in [2.24, 2.45) is 0 Å². The number of hydrogen-bond acceptors (Lipinski definition) is 4. The second-order valence-electron chi connectivity index (χ2n) is 3.89. The average Bonchev–Trinajstić information content (AvgIpc) is 3.18. The minimum atomic E-state index is -1.13. The molecule has 0 spiro atoms. The van der Waals surface area contributed by atoms with Crippen LogP contribution in [0.2, 0.25) is 0 Å². The fourth-order valence-electron chi connectivity index (χ4n) is 1.45. The molecule has 18 heavy (non-hydrogen) atoms. The summed E-state index contributed by atoms with van der Waals surface area (Å²) in [5.74, 6) is -1.13. The predicted octanol–water partition coefficient (Wildman–Crippen LogP) is 0.765. The lowest BCUT2D eigenvalue weighted by Crippen LogP contribution is -2.44. The van der Waals surface area contributed by atoms with Crippen molar-refractivity contribution >= 4 is 12.1 Å². The number of carboxylic acids is 1. The van der Waals surface area contributed by atoms with Crippen LogP contribution in [0.15, 0.2) is 30.3 Å². The molecule has 2 N–H and O–H groups in total. The van der Waals surface area contributed by atoms with Gasteiger partial charge in [-0.2, -0.15) is 0 Å². The second kappa shape index (κ2) is 5.50. The minimum Gasteiger partial charge on any atom is -0.480 e. The number of benzene rings is 1. The number of carboxylic acid groups (broad SMARTS) is 1. The van der Waals surface area contributed by atoms with E-state index in [2.05, 4.69) is 5.32 Å². The molecule has 1 amide bonds. The molecule has 1 aliphatic rings. The number of nitrogens with one attached hydrogen (secondary N) is 1. The van der Waals surface area contributed by atoms with Crippen molar-refractivity contribution in [3.8, 4) is 0 Å². The van der Waals surface area contributed by atoms with Crippen LogP contribution in [-0.2, 0) is 20.9 Å². The van der Waals surface area contributed by atoms with Crippen LogP contribution in [0.25, 0.3) is 0 Å². The molecule has 6 nitrogen and oxygen atoms in total. The van der Waals surface area contributed by atoms with Gasteiger partial charge in [0.2, 0.25) is 0 Å². The zero-order valence-corrected chi connectivity index (χ0v) is 9.54. The van der Waals surface area contributed by atoms with E-state index in [1.54, 1.807) is 0 Å². The molecule has 2 atom stereocenters. The number of epoxide rings is 1. The fourth-order valence-corrected chi connectivity index (χ4v) is 1.45. The summed E-state index contributed by atoms with van der Waals surface area (Å²) < 4.78 is 9.76. The Morgan fingerprint density at radius 1 is 1.44 bits per heavy atom.